The van der Waals surface area contributed by atoms with Crippen LogP contribution in [0.5, 0.6) is 0 Å². The Balaban J connectivity index is 1.30. The average Bonchev–Trinajstić information content (AvgIpc) is 3.49. The third kappa shape index (κ3) is 4.55. The van der Waals surface area contributed by atoms with E-state index in [-0.39, 0.29) is 47.6 Å². The van der Waals surface area contributed by atoms with Crippen molar-refractivity contribution in [1.82, 2.24) is 20.9 Å². The first-order valence-corrected chi connectivity index (χ1v) is 13.0. The summed E-state index contributed by atoms with van der Waals surface area (Å²) in [6, 6.07) is -1.21. The number of rotatable bonds is 7. The first-order chi connectivity index (χ1) is 17.3. The minimum Gasteiger partial charge on any atom is -0.350 e. The summed E-state index contributed by atoms with van der Waals surface area (Å²) < 4.78 is 38.9. The van der Waals surface area contributed by atoms with Gasteiger partial charge in [0, 0.05) is 18.0 Å². The van der Waals surface area contributed by atoms with Gasteiger partial charge in [0.15, 0.2) is 0 Å². The number of carbonyl (C=O) groups is 4. The molecule has 5 aliphatic rings. The highest BCUT2D eigenvalue weighted by molar-refractivity contribution is 5.94. The molecule has 1 unspecified atom stereocenters. The summed E-state index contributed by atoms with van der Waals surface area (Å²) in [5.41, 5.74) is -0.408. The van der Waals surface area contributed by atoms with Gasteiger partial charge >= 0.3 is 12.1 Å². The Morgan fingerprint density at radius 2 is 1.89 bits per heavy atom. The molecule has 9 nitrogen and oxygen atoms in total. The second-order valence-electron chi connectivity index (χ2n) is 12.1. The van der Waals surface area contributed by atoms with E-state index in [1.54, 1.807) is 0 Å². The molecule has 202 valence electrons. The van der Waals surface area contributed by atoms with Gasteiger partial charge in [0.2, 0.25) is 17.7 Å². The van der Waals surface area contributed by atoms with Crippen LogP contribution >= 0.6 is 0 Å². The number of fused-ring (bicyclic) bond motifs is 1. The number of piperidine rings is 1. The van der Waals surface area contributed by atoms with Crippen LogP contribution in [0.4, 0.5) is 13.2 Å². The monoisotopic (exact) mass is 523 g/mol. The molecule has 5 fully saturated rings. The number of nitrogens with zero attached hydrogens (tertiary/aromatic N) is 2. The quantitative estimate of drug-likeness (QED) is 0.464. The predicted octanol–water partition coefficient (Wildman–Crippen LogP) is 1.38. The third-order valence-electron chi connectivity index (χ3n) is 9.43. The minimum atomic E-state index is -5.13. The maximum Gasteiger partial charge on any atom is 0.471 e. The molecule has 2 aliphatic heterocycles. The molecule has 1 spiro atoms. The molecule has 0 aromatic heterocycles. The van der Waals surface area contributed by atoms with Crippen molar-refractivity contribution < 1.29 is 32.3 Å². The Kier molecular flexibility index (Phi) is 5.99. The van der Waals surface area contributed by atoms with Crippen LogP contribution in [0, 0.1) is 40.4 Å². The summed E-state index contributed by atoms with van der Waals surface area (Å²) in [5.74, 6) is -4.57. The zero-order valence-electron chi connectivity index (χ0n) is 20.9. The summed E-state index contributed by atoms with van der Waals surface area (Å²) >= 11 is 0. The maximum atomic E-state index is 13.5. The molecular weight excluding hydrogens is 491 g/mol. The van der Waals surface area contributed by atoms with Crippen molar-refractivity contribution >= 4 is 23.6 Å². The first-order valence-electron chi connectivity index (χ1n) is 13.0. The lowest BCUT2D eigenvalue weighted by Crippen LogP contribution is -2.60. The highest BCUT2D eigenvalue weighted by Gasteiger charge is 2.70. The lowest BCUT2D eigenvalue weighted by molar-refractivity contribution is -0.176. The highest BCUT2D eigenvalue weighted by Crippen LogP contribution is 2.65. The third-order valence-corrected chi connectivity index (χ3v) is 9.43. The number of hydrogen-bond acceptors (Lipinski definition) is 5. The van der Waals surface area contributed by atoms with E-state index >= 15 is 0 Å². The van der Waals surface area contributed by atoms with Crippen LogP contribution in [0.15, 0.2) is 0 Å². The summed E-state index contributed by atoms with van der Waals surface area (Å²) in [6.07, 6.45) is -0.767. The molecule has 0 aromatic carbocycles. The minimum absolute atomic E-state index is 0.0107. The van der Waals surface area contributed by atoms with Crippen molar-refractivity contribution in [2.75, 3.05) is 6.54 Å². The van der Waals surface area contributed by atoms with Gasteiger partial charge in [0.05, 0.1) is 6.07 Å². The molecule has 0 aromatic rings. The van der Waals surface area contributed by atoms with Gasteiger partial charge in [0.25, 0.3) is 0 Å². The molecule has 0 bridgehead atoms. The van der Waals surface area contributed by atoms with Crippen LogP contribution in [0.3, 0.4) is 0 Å². The molecule has 3 N–H and O–H groups in total. The van der Waals surface area contributed by atoms with Gasteiger partial charge in [-0.1, -0.05) is 20.3 Å². The van der Waals surface area contributed by atoms with Crippen LogP contribution in [0.2, 0.25) is 0 Å². The Labute approximate surface area is 212 Å². The maximum absolute atomic E-state index is 13.5. The normalized spacial score (nSPS) is 32.4. The van der Waals surface area contributed by atoms with E-state index in [2.05, 4.69) is 10.6 Å². The highest BCUT2D eigenvalue weighted by atomic mass is 19.4. The molecular formula is C25H32F3N5O4. The fraction of sp³-hybridized carbons (Fsp3) is 0.800. The van der Waals surface area contributed by atoms with E-state index in [1.165, 1.54) is 4.90 Å². The van der Waals surface area contributed by atoms with Gasteiger partial charge < -0.3 is 20.9 Å². The second-order valence-corrected chi connectivity index (χ2v) is 12.1. The number of carbonyl (C=O) groups excluding carboxylic acids is 4. The van der Waals surface area contributed by atoms with Crippen molar-refractivity contribution in [1.29, 1.82) is 5.26 Å². The zero-order valence-corrected chi connectivity index (χ0v) is 20.9. The number of likely N-dealkylation sites (tertiary alicyclic amines) is 1. The van der Waals surface area contributed by atoms with Gasteiger partial charge in [0.1, 0.15) is 18.1 Å². The summed E-state index contributed by atoms with van der Waals surface area (Å²) in [6.45, 7) is 4.14. The van der Waals surface area contributed by atoms with Crippen molar-refractivity contribution in [2.45, 2.75) is 88.6 Å². The fourth-order valence-electron chi connectivity index (χ4n) is 6.70. The Morgan fingerprint density at radius 1 is 1.22 bits per heavy atom. The largest absolute Gasteiger partial charge is 0.471 e. The molecule has 2 saturated heterocycles. The van der Waals surface area contributed by atoms with Gasteiger partial charge in [-0.3, -0.25) is 19.2 Å². The Hall–Kier alpha value is -2.84. The number of amides is 4. The molecule has 3 aliphatic carbocycles. The fourth-order valence-corrected chi connectivity index (χ4v) is 6.70. The lowest BCUT2D eigenvalue weighted by atomic mass is 9.79. The smallest absolute Gasteiger partial charge is 0.350 e. The topological polar surface area (TPSA) is 131 Å². The average molecular weight is 524 g/mol. The number of halogens is 3. The van der Waals surface area contributed by atoms with E-state index < -0.39 is 47.9 Å². The van der Waals surface area contributed by atoms with Crippen molar-refractivity contribution in [3.63, 3.8) is 0 Å². The van der Waals surface area contributed by atoms with Gasteiger partial charge in [-0.15, -0.1) is 0 Å². The first kappa shape index (κ1) is 25.8. The SMILES string of the molecule is CC1(C)[C@@H]2[C@@H](C(=O)N[C@H](C#N)C[C@@H]3CC4(CC4)NC3=O)N(C(=O)C(NC(=O)C(F)(F)F)C3CCC3)C[C@@H]21. The molecule has 3 saturated carbocycles. The number of nitrogens with one attached hydrogen (secondary N) is 3. The van der Waals surface area contributed by atoms with E-state index in [9.17, 15) is 37.6 Å². The molecule has 12 heteroatoms. The summed E-state index contributed by atoms with van der Waals surface area (Å²) in [4.78, 5) is 52.4. The summed E-state index contributed by atoms with van der Waals surface area (Å²) in [5, 5.41) is 17.3. The van der Waals surface area contributed by atoms with Crippen molar-refractivity contribution in [3.05, 3.63) is 0 Å². The molecule has 5 rings (SSSR count). The second kappa shape index (κ2) is 8.60. The molecule has 37 heavy (non-hydrogen) atoms. The zero-order chi connectivity index (χ0) is 26.9. The van der Waals surface area contributed by atoms with Crippen LogP contribution in [-0.2, 0) is 19.2 Å². The summed E-state index contributed by atoms with van der Waals surface area (Å²) in [7, 11) is 0. The molecule has 2 heterocycles. The van der Waals surface area contributed by atoms with Gasteiger partial charge in [-0.25, -0.2) is 0 Å². The van der Waals surface area contributed by atoms with E-state index in [4.69, 9.17) is 0 Å². The van der Waals surface area contributed by atoms with Gasteiger partial charge in [-0.05, 0) is 61.7 Å². The van der Waals surface area contributed by atoms with E-state index in [0.29, 0.717) is 19.3 Å². The van der Waals surface area contributed by atoms with Crippen LogP contribution in [0.25, 0.3) is 0 Å². The van der Waals surface area contributed by atoms with Gasteiger partial charge in [-0.2, -0.15) is 18.4 Å². The Morgan fingerprint density at radius 3 is 2.41 bits per heavy atom. The Bertz CT molecular complexity index is 1060. The van der Waals surface area contributed by atoms with Crippen LogP contribution in [0.1, 0.15) is 58.8 Å². The van der Waals surface area contributed by atoms with E-state index in [0.717, 1.165) is 19.3 Å². The van der Waals surface area contributed by atoms with Crippen LogP contribution < -0.4 is 16.0 Å². The predicted molar refractivity (Wildman–Crippen MR) is 122 cm³/mol. The number of nitriles is 1. The van der Waals surface area contributed by atoms with Crippen molar-refractivity contribution in [2.24, 2.45) is 29.1 Å². The lowest BCUT2D eigenvalue weighted by Gasteiger charge is -2.38. The standard InChI is InChI=1S/C25H32F3N5O4/c1-23(2)15-11-33(21(36)17(12-4-3-5-12)31-22(37)25(26,27)28)18(16(15)23)20(35)30-14(10-29)8-13-9-24(6-7-24)32-19(13)34/h12-18H,3-9,11H2,1-2H3,(H,30,35)(H,31,37)(H,32,34)/t13-,14+,15+,16+,17?,18+/m1/s1. The molecule has 0 radical (unpaired) electrons. The number of hydrogen-bond donors (Lipinski definition) is 3. The van der Waals surface area contributed by atoms with E-state index in [1.807, 2.05) is 25.2 Å². The molecule has 6 atom stereocenters. The van der Waals surface area contributed by atoms with Crippen LogP contribution in [-0.4, -0.2) is 64.9 Å². The van der Waals surface area contributed by atoms with Crippen molar-refractivity contribution in [3.8, 4) is 6.07 Å². The number of alkyl halides is 3. The molecule has 4 amide bonds.